The Bertz CT molecular complexity index is 982. The van der Waals surface area contributed by atoms with Crippen LogP contribution < -0.4 is 4.90 Å². The van der Waals surface area contributed by atoms with Gasteiger partial charge in [0.2, 0.25) is 0 Å². The van der Waals surface area contributed by atoms with Gasteiger partial charge >= 0.3 is 5.97 Å². The SMILES string of the molecule is CC1CCC(C(C)C)C(OC(=O)c2ccc3c(c2)C(=O)N(c2ccccc2)C3=O)C1. The Balaban J connectivity index is 1.57. The van der Waals surface area contributed by atoms with E-state index in [-0.39, 0.29) is 17.6 Å². The highest BCUT2D eigenvalue weighted by atomic mass is 16.5. The van der Waals surface area contributed by atoms with Crippen LogP contribution in [0.25, 0.3) is 0 Å². The topological polar surface area (TPSA) is 63.7 Å². The maximum absolute atomic E-state index is 12.9. The first-order chi connectivity index (χ1) is 14.4. The third kappa shape index (κ3) is 3.64. The lowest BCUT2D eigenvalue weighted by Crippen LogP contribution is -2.35. The van der Waals surface area contributed by atoms with Crippen molar-refractivity contribution in [3.63, 3.8) is 0 Å². The molecule has 1 aliphatic heterocycles. The molecular formula is C25H27NO4. The van der Waals surface area contributed by atoms with Gasteiger partial charge in [-0.1, -0.05) is 45.4 Å². The summed E-state index contributed by atoms with van der Waals surface area (Å²) >= 11 is 0. The summed E-state index contributed by atoms with van der Waals surface area (Å²) in [6, 6.07) is 13.4. The zero-order valence-electron chi connectivity index (χ0n) is 17.6. The Morgan fingerprint density at radius 1 is 1.00 bits per heavy atom. The number of ether oxygens (including phenoxy) is 1. The summed E-state index contributed by atoms with van der Waals surface area (Å²) in [4.78, 5) is 39.7. The van der Waals surface area contributed by atoms with Crippen LogP contribution >= 0.6 is 0 Å². The summed E-state index contributed by atoms with van der Waals surface area (Å²) in [6.45, 7) is 6.52. The number of rotatable bonds is 4. The molecule has 0 radical (unpaired) electrons. The number of amides is 2. The predicted octanol–water partition coefficient (Wildman–Crippen LogP) is 5.10. The summed E-state index contributed by atoms with van der Waals surface area (Å²) in [6.07, 6.45) is 2.95. The van der Waals surface area contributed by atoms with Gasteiger partial charge in [0.05, 0.1) is 22.4 Å². The number of anilines is 1. The molecule has 1 fully saturated rings. The minimum absolute atomic E-state index is 0.118. The van der Waals surface area contributed by atoms with Crippen molar-refractivity contribution in [1.29, 1.82) is 0 Å². The molecule has 0 N–H and O–H groups in total. The fraction of sp³-hybridized carbons (Fsp3) is 0.400. The number of esters is 1. The van der Waals surface area contributed by atoms with Crippen molar-refractivity contribution in [2.24, 2.45) is 17.8 Å². The van der Waals surface area contributed by atoms with E-state index in [9.17, 15) is 14.4 Å². The van der Waals surface area contributed by atoms with Gasteiger partial charge in [-0.3, -0.25) is 9.59 Å². The first-order valence-electron chi connectivity index (χ1n) is 10.7. The molecule has 30 heavy (non-hydrogen) atoms. The van der Waals surface area contributed by atoms with E-state index < -0.39 is 11.9 Å². The monoisotopic (exact) mass is 405 g/mol. The fourth-order valence-corrected chi connectivity index (χ4v) is 4.64. The van der Waals surface area contributed by atoms with Crippen LogP contribution in [0.3, 0.4) is 0 Å². The van der Waals surface area contributed by atoms with E-state index >= 15 is 0 Å². The van der Waals surface area contributed by atoms with Crippen LogP contribution in [-0.2, 0) is 4.74 Å². The Morgan fingerprint density at radius 3 is 2.40 bits per heavy atom. The molecule has 3 unspecified atom stereocenters. The fourth-order valence-electron chi connectivity index (χ4n) is 4.64. The second-order valence-electron chi connectivity index (χ2n) is 8.81. The van der Waals surface area contributed by atoms with Crippen molar-refractivity contribution >= 4 is 23.5 Å². The standard InChI is InChI=1S/C25H27NO4/c1-15(2)19-11-9-16(3)13-22(19)30-25(29)17-10-12-20-21(14-17)24(28)26(23(20)27)18-7-5-4-6-8-18/h4-8,10,12,14-16,19,22H,9,11,13H2,1-3H3. The van der Waals surface area contributed by atoms with Crippen molar-refractivity contribution < 1.29 is 19.1 Å². The molecule has 2 amide bonds. The third-order valence-electron chi connectivity index (χ3n) is 6.36. The van der Waals surface area contributed by atoms with E-state index in [1.54, 1.807) is 36.4 Å². The third-order valence-corrected chi connectivity index (χ3v) is 6.36. The van der Waals surface area contributed by atoms with Crippen LogP contribution in [0.1, 0.15) is 71.1 Å². The Hall–Kier alpha value is -2.95. The van der Waals surface area contributed by atoms with E-state index in [0.717, 1.165) is 24.2 Å². The molecule has 3 atom stereocenters. The average Bonchev–Trinajstić information content (AvgIpc) is 2.98. The summed E-state index contributed by atoms with van der Waals surface area (Å²) in [5, 5.41) is 0. The zero-order chi connectivity index (χ0) is 21.4. The minimum atomic E-state index is -0.430. The first-order valence-corrected chi connectivity index (χ1v) is 10.7. The molecule has 1 heterocycles. The van der Waals surface area contributed by atoms with E-state index in [1.807, 2.05) is 6.07 Å². The van der Waals surface area contributed by atoms with Crippen LogP contribution in [-0.4, -0.2) is 23.9 Å². The quantitative estimate of drug-likeness (QED) is 0.524. The molecule has 2 aromatic rings. The molecule has 1 aliphatic carbocycles. The highest BCUT2D eigenvalue weighted by Gasteiger charge is 2.38. The molecule has 0 aromatic heterocycles. The van der Waals surface area contributed by atoms with Crippen LogP contribution in [0.4, 0.5) is 5.69 Å². The smallest absolute Gasteiger partial charge is 0.338 e. The molecule has 2 aromatic carbocycles. The van der Waals surface area contributed by atoms with Gasteiger partial charge in [-0.2, -0.15) is 0 Å². The lowest BCUT2D eigenvalue weighted by Gasteiger charge is -2.36. The first kappa shape index (κ1) is 20.3. The number of nitrogens with zero attached hydrogens (tertiary/aromatic N) is 1. The molecule has 5 nitrogen and oxygen atoms in total. The van der Waals surface area contributed by atoms with E-state index in [4.69, 9.17) is 4.74 Å². The molecule has 1 saturated carbocycles. The second-order valence-corrected chi connectivity index (χ2v) is 8.81. The number of carbonyl (C=O) groups is 3. The number of fused-ring (bicyclic) bond motifs is 1. The number of carbonyl (C=O) groups excluding carboxylic acids is 3. The average molecular weight is 405 g/mol. The molecular weight excluding hydrogens is 378 g/mol. The van der Waals surface area contributed by atoms with Gasteiger partial charge in [0, 0.05) is 0 Å². The molecule has 5 heteroatoms. The molecule has 0 spiro atoms. The molecule has 4 rings (SSSR count). The van der Waals surface area contributed by atoms with Gasteiger partial charge in [-0.15, -0.1) is 0 Å². The normalized spacial score (nSPS) is 23.6. The van der Waals surface area contributed by atoms with Crippen molar-refractivity contribution in [3.8, 4) is 0 Å². The summed E-state index contributed by atoms with van der Waals surface area (Å²) < 4.78 is 5.91. The van der Waals surface area contributed by atoms with Gasteiger partial charge in [0.1, 0.15) is 6.10 Å². The Labute approximate surface area is 177 Å². The lowest BCUT2D eigenvalue weighted by molar-refractivity contribution is -0.0174. The molecule has 0 saturated heterocycles. The number of hydrogen-bond acceptors (Lipinski definition) is 4. The maximum Gasteiger partial charge on any atom is 0.338 e. The van der Waals surface area contributed by atoms with Gasteiger partial charge < -0.3 is 4.74 Å². The molecule has 2 aliphatic rings. The summed E-state index contributed by atoms with van der Waals surface area (Å²) in [5.41, 5.74) is 1.39. The summed E-state index contributed by atoms with van der Waals surface area (Å²) in [7, 11) is 0. The highest BCUT2D eigenvalue weighted by Crippen LogP contribution is 2.36. The van der Waals surface area contributed by atoms with E-state index in [0.29, 0.717) is 34.6 Å². The van der Waals surface area contributed by atoms with Crippen molar-refractivity contribution in [1.82, 2.24) is 0 Å². The van der Waals surface area contributed by atoms with Crippen LogP contribution in [0.15, 0.2) is 48.5 Å². The summed E-state index contributed by atoms with van der Waals surface area (Å²) in [5.74, 6) is 0.0898. The number of para-hydroxylation sites is 1. The molecule has 156 valence electrons. The largest absolute Gasteiger partial charge is 0.458 e. The molecule has 0 bridgehead atoms. The van der Waals surface area contributed by atoms with Crippen LogP contribution in [0.5, 0.6) is 0 Å². The van der Waals surface area contributed by atoms with Crippen molar-refractivity contribution in [2.45, 2.75) is 46.1 Å². The van der Waals surface area contributed by atoms with E-state index in [1.165, 1.54) is 6.07 Å². The van der Waals surface area contributed by atoms with E-state index in [2.05, 4.69) is 20.8 Å². The van der Waals surface area contributed by atoms with Gasteiger partial charge in [0.15, 0.2) is 0 Å². The minimum Gasteiger partial charge on any atom is -0.458 e. The lowest BCUT2D eigenvalue weighted by atomic mass is 9.75. The van der Waals surface area contributed by atoms with Gasteiger partial charge in [-0.05, 0) is 60.9 Å². The van der Waals surface area contributed by atoms with Crippen molar-refractivity contribution in [2.75, 3.05) is 4.90 Å². The number of benzene rings is 2. The zero-order valence-corrected chi connectivity index (χ0v) is 17.6. The van der Waals surface area contributed by atoms with Crippen LogP contribution in [0, 0.1) is 17.8 Å². The predicted molar refractivity (Wildman–Crippen MR) is 115 cm³/mol. The number of hydrogen-bond donors (Lipinski definition) is 0. The Morgan fingerprint density at radius 2 is 1.70 bits per heavy atom. The Kier molecular flexibility index (Phi) is 5.46. The van der Waals surface area contributed by atoms with Gasteiger partial charge in [0.25, 0.3) is 11.8 Å². The van der Waals surface area contributed by atoms with Crippen LogP contribution in [0.2, 0.25) is 0 Å². The van der Waals surface area contributed by atoms with Crippen molar-refractivity contribution in [3.05, 3.63) is 65.2 Å². The highest BCUT2D eigenvalue weighted by molar-refractivity contribution is 6.34. The van der Waals surface area contributed by atoms with Gasteiger partial charge in [-0.25, -0.2) is 9.69 Å². The number of imide groups is 1. The second kappa shape index (κ2) is 8.05. The maximum atomic E-state index is 12.9.